The Morgan fingerprint density at radius 1 is 0.581 bits per heavy atom. The van der Waals surface area contributed by atoms with Crippen LogP contribution in [-0.2, 0) is 38.4 Å². The molecule has 0 unspecified atom stereocenters. The van der Waals surface area contributed by atoms with Crippen molar-refractivity contribution in [1.82, 2.24) is 30.2 Å². The summed E-state index contributed by atoms with van der Waals surface area (Å²) in [5.74, 6) is -3.11. The molecule has 236 valence electrons. The monoisotopic (exact) mass is 602 g/mol. The molecule has 0 aliphatic carbocycles. The molecule has 1 fully saturated rings. The quantitative estimate of drug-likeness (QED) is 0.269. The summed E-state index contributed by atoms with van der Waals surface area (Å²) in [5.41, 5.74) is -0.0781. The second kappa shape index (κ2) is 14.7. The van der Waals surface area contributed by atoms with Crippen LogP contribution in [0, 0.1) is 10.8 Å². The lowest BCUT2D eigenvalue weighted by Crippen LogP contribution is -2.53. The molecule has 1 saturated heterocycles. The van der Waals surface area contributed by atoms with Crippen molar-refractivity contribution in [3.63, 3.8) is 0 Å². The van der Waals surface area contributed by atoms with E-state index in [2.05, 4.69) is 10.6 Å². The van der Waals surface area contributed by atoms with Gasteiger partial charge in [-0.2, -0.15) is 0 Å². The molecule has 0 atom stereocenters. The Bertz CT molecular complexity index is 1170. The van der Waals surface area contributed by atoms with Gasteiger partial charge in [-0.25, -0.2) is 0 Å². The summed E-state index contributed by atoms with van der Waals surface area (Å²) in [7, 11) is 0. The van der Waals surface area contributed by atoms with Gasteiger partial charge in [0.05, 0.1) is 0 Å². The van der Waals surface area contributed by atoms with Gasteiger partial charge in [0.25, 0.3) is 23.6 Å². The summed E-state index contributed by atoms with van der Waals surface area (Å²) in [6, 6.07) is 0. The standard InChI is InChI=1S/C18H26N4O5.C11H16N2O3/c1-18(2,3)12-19-13(23)10-16(26)20-6-8-21(9-7-20)17(27)11-22-14(24)4-5-15(22)25;1-11(2,3)7-12-8(14)6-13-9(15)4-5-10(13)16/h4-5H,6-12H2,1-3H3,(H,19,23);4-5H,6-7H2,1-3H3,(H,12,14). The molecule has 14 nitrogen and oxygen atoms in total. The van der Waals surface area contributed by atoms with Crippen molar-refractivity contribution in [2.24, 2.45) is 10.8 Å². The first-order valence-electron chi connectivity index (χ1n) is 14.0. The molecule has 43 heavy (non-hydrogen) atoms. The van der Waals surface area contributed by atoms with Gasteiger partial charge in [-0.15, -0.1) is 0 Å². The highest BCUT2D eigenvalue weighted by Gasteiger charge is 2.30. The molecule has 3 rings (SSSR count). The predicted octanol–water partition coefficient (Wildman–Crippen LogP) is -0.792. The molecule has 0 aromatic carbocycles. The molecule has 3 aliphatic rings. The first-order chi connectivity index (χ1) is 19.9. The zero-order valence-corrected chi connectivity index (χ0v) is 25.7. The van der Waals surface area contributed by atoms with Gasteiger partial charge in [0.15, 0.2) is 0 Å². The van der Waals surface area contributed by atoms with Crippen LogP contribution in [0.15, 0.2) is 24.3 Å². The van der Waals surface area contributed by atoms with Crippen LogP contribution in [0.4, 0.5) is 0 Å². The fraction of sp³-hybridized carbons (Fsp3) is 0.586. The van der Waals surface area contributed by atoms with Gasteiger partial charge in [0.2, 0.25) is 23.6 Å². The van der Waals surface area contributed by atoms with E-state index in [1.807, 2.05) is 41.5 Å². The lowest BCUT2D eigenvalue weighted by Gasteiger charge is -2.35. The van der Waals surface area contributed by atoms with Crippen LogP contribution in [0.1, 0.15) is 48.0 Å². The van der Waals surface area contributed by atoms with Gasteiger partial charge in [0.1, 0.15) is 19.5 Å². The Labute approximate surface area is 251 Å². The van der Waals surface area contributed by atoms with Gasteiger partial charge in [-0.1, -0.05) is 41.5 Å². The molecular formula is C29H42N6O8. The van der Waals surface area contributed by atoms with Crippen molar-refractivity contribution in [1.29, 1.82) is 0 Å². The Hall–Kier alpha value is -4.36. The van der Waals surface area contributed by atoms with Crippen molar-refractivity contribution in [2.75, 3.05) is 52.4 Å². The van der Waals surface area contributed by atoms with E-state index in [9.17, 15) is 38.4 Å². The molecule has 0 aromatic heterocycles. The minimum Gasteiger partial charge on any atom is -0.355 e. The number of amides is 8. The highest BCUT2D eigenvalue weighted by atomic mass is 16.2. The minimum absolute atomic E-state index is 0.0209. The molecule has 0 radical (unpaired) electrons. The molecule has 2 N–H and O–H groups in total. The number of carbonyl (C=O) groups is 8. The lowest BCUT2D eigenvalue weighted by molar-refractivity contribution is -0.146. The molecule has 14 heteroatoms. The van der Waals surface area contributed by atoms with E-state index in [1.165, 1.54) is 17.1 Å². The fourth-order valence-electron chi connectivity index (χ4n) is 3.85. The van der Waals surface area contributed by atoms with E-state index < -0.39 is 23.6 Å². The van der Waals surface area contributed by atoms with Crippen molar-refractivity contribution in [2.45, 2.75) is 48.0 Å². The topological polar surface area (TPSA) is 174 Å². The van der Waals surface area contributed by atoms with Crippen LogP contribution in [0.5, 0.6) is 0 Å². The van der Waals surface area contributed by atoms with Gasteiger partial charge >= 0.3 is 0 Å². The molecule has 8 amide bonds. The van der Waals surface area contributed by atoms with Gasteiger partial charge < -0.3 is 20.4 Å². The smallest absolute Gasteiger partial charge is 0.254 e. The van der Waals surface area contributed by atoms with Crippen LogP contribution in [0.3, 0.4) is 0 Å². The lowest BCUT2D eigenvalue weighted by atomic mass is 9.97. The number of carbonyl (C=O) groups excluding carboxylic acids is 8. The van der Waals surface area contributed by atoms with E-state index >= 15 is 0 Å². The van der Waals surface area contributed by atoms with Gasteiger partial charge in [-0.05, 0) is 10.8 Å². The molecule has 0 spiro atoms. The van der Waals surface area contributed by atoms with Crippen molar-refractivity contribution in [3.8, 4) is 0 Å². The third-order valence-corrected chi connectivity index (χ3v) is 6.32. The maximum absolute atomic E-state index is 12.3. The number of rotatable bonds is 8. The van der Waals surface area contributed by atoms with Crippen molar-refractivity contribution >= 4 is 47.3 Å². The largest absolute Gasteiger partial charge is 0.355 e. The Morgan fingerprint density at radius 3 is 1.33 bits per heavy atom. The summed E-state index contributed by atoms with van der Waals surface area (Å²) in [6.45, 7) is 13.7. The SMILES string of the molecule is CC(C)(C)CNC(=O)CC(=O)N1CCN(C(=O)CN2C(=O)C=CC2=O)CC1.CC(C)(C)CNC(=O)CN1C(=O)C=CC1=O. The second-order valence-corrected chi connectivity index (χ2v) is 12.8. The number of nitrogens with zero attached hydrogens (tertiary/aromatic N) is 4. The maximum Gasteiger partial charge on any atom is 0.254 e. The highest BCUT2D eigenvalue weighted by molar-refractivity contribution is 6.15. The van der Waals surface area contributed by atoms with Crippen LogP contribution in [0.25, 0.3) is 0 Å². The number of hydrogen-bond acceptors (Lipinski definition) is 8. The summed E-state index contributed by atoms with van der Waals surface area (Å²) >= 11 is 0. The van der Waals surface area contributed by atoms with Gasteiger partial charge in [0, 0.05) is 63.6 Å². The van der Waals surface area contributed by atoms with E-state index in [0.29, 0.717) is 39.3 Å². The summed E-state index contributed by atoms with van der Waals surface area (Å²) in [5, 5.41) is 5.42. The van der Waals surface area contributed by atoms with Crippen LogP contribution in [-0.4, -0.2) is 119 Å². The molecule has 3 heterocycles. The Kier molecular flexibility index (Phi) is 11.9. The van der Waals surface area contributed by atoms with Crippen LogP contribution >= 0.6 is 0 Å². The number of piperazine rings is 1. The molecule has 0 saturated carbocycles. The van der Waals surface area contributed by atoms with Crippen molar-refractivity contribution in [3.05, 3.63) is 24.3 Å². The first kappa shape index (κ1) is 34.8. The fourth-order valence-corrected chi connectivity index (χ4v) is 3.85. The van der Waals surface area contributed by atoms with Gasteiger partial charge in [-0.3, -0.25) is 48.2 Å². The van der Waals surface area contributed by atoms with Crippen LogP contribution in [0.2, 0.25) is 0 Å². The second-order valence-electron chi connectivity index (χ2n) is 12.8. The summed E-state index contributed by atoms with van der Waals surface area (Å²) in [4.78, 5) is 98.0. The van der Waals surface area contributed by atoms with E-state index in [4.69, 9.17) is 0 Å². The first-order valence-corrected chi connectivity index (χ1v) is 14.0. The zero-order chi connectivity index (χ0) is 32.5. The average molecular weight is 603 g/mol. The highest BCUT2D eigenvalue weighted by Crippen LogP contribution is 2.12. The Balaban J connectivity index is 0.000000344. The number of hydrogen-bond donors (Lipinski definition) is 2. The Morgan fingerprint density at radius 2 is 0.930 bits per heavy atom. The normalized spacial score (nSPS) is 16.9. The minimum atomic E-state index is -0.497. The molecular weight excluding hydrogens is 560 g/mol. The van der Waals surface area contributed by atoms with Crippen LogP contribution < -0.4 is 10.6 Å². The number of imide groups is 2. The maximum atomic E-state index is 12.3. The van der Waals surface area contributed by atoms with E-state index in [0.717, 1.165) is 22.0 Å². The van der Waals surface area contributed by atoms with Crippen molar-refractivity contribution < 1.29 is 38.4 Å². The van der Waals surface area contributed by atoms with E-state index in [1.54, 1.807) is 4.90 Å². The molecule has 0 aromatic rings. The summed E-state index contributed by atoms with van der Waals surface area (Å²) < 4.78 is 0. The average Bonchev–Trinajstić information content (AvgIpc) is 3.40. The predicted molar refractivity (Wildman–Crippen MR) is 154 cm³/mol. The molecule has 3 aliphatic heterocycles. The third-order valence-electron chi connectivity index (χ3n) is 6.32. The zero-order valence-electron chi connectivity index (χ0n) is 25.7. The molecule has 0 bridgehead atoms. The number of nitrogens with one attached hydrogen (secondary N) is 2. The third kappa shape index (κ3) is 11.8. The van der Waals surface area contributed by atoms with E-state index in [-0.39, 0.29) is 54.0 Å². The summed E-state index contributed by atoms with van der Waals surface area (Å²) in [6.07, 6.45) is 4.39.